The normalized spacial score (nSPS) is 12.6. The van der Waals surface area contributed by atoms with Crippen LogP contribution in [0.4, 0.5) is 0 Å². The van der Waals surface area contributed by atoms with Crippen molar-refractivity contribution in [1.82, 2.24) is 26.7 Å². The molecule has 0 saturated heterocycles. The summed E-state index contributed by atoms with van der Waals surface area (Å²) in [4.78, 5) is 66.3. The Hall–Kier alpha value is -4.18. The quantitative estimate of drug-likeness (QED) is 0.0475. The minimum absolute atomic E-state index is 0.344. The lowest BCUT2D eigenvalue weighted by molar-refractivity contribution is -0.150. The van der Waals surface area contributed by atoms with Gasteiger partial charge in [0.1, 0.15) is 35.4 Å². The zero-order valence-electron chi connectivity index (χ0n) is 24.0. The zero-order valence-corrected chi connectivity index (χ0v) is 24.0. The van der Waals surface area contributed by atoms with Gasteiger partial charge in [-0.3, -0.25) is 19.2 Å². The molecule has 39 heavy (non-hydrogen) atoms. The summed E-state index contributed by atoms with van der Waals surface area (Å²) in [5.41, 5.74) is 6.47. The second kappa shape index (κ2) is 15.3. The van der Waals surface area contributed by atoms with Gasteiger partial charge in [-0.1, -0.05) is 19.3 Å². The molecule has 0 heterocycles. The van der Waals surface area contributed by atoms with Crippen molar-refractivity contribution in [2.75, 3.05) is 13.7 Å². The molecule has 0 aliphatic carbocycles. The van der Waals surface area contributed by atoms with Crippen LogP contribution in [0.25, 0.3) is 10.4 Å². The molecule has 5 N–H and O–H groups in total. The van der Waals surface area contributed by atoms with Crippen LogP contribution in [-0.2, 0) is 33.4 Å². The fourth-order valence-corrected chi connectivity index (χ4v) is 3.01. The monoisotopic (exact) mass is 552 g/mol. The smallest absolute Gasteiger partial charge is 0.330 e. The predicted molar refractivity (Wildman–Crippen MR) is 141 cm³/mol. The summed E-state index contributed by atoms with van der Waals surface area (Å²) in [6.45, 7) is 11.5. The third kappa shape index (κ3) is 11.4. The van der Waals surface area contributed by atoms with Crippen molar-refractivity contribution in [3.8, 4) is 12.0 Å². The summed E-state index contributed by atoms with van der Waals surface area (Å²) in [5, 5.41) is 13.3. The van der Waals surface area contributed by atoms with Crippen molar-refractivity contribution in [2.24, 2.45) is 5.22 Å². The molecule has 0 aromatic rings. The maximum absolute atomic E-state index is 13.1. The lowest BCUT2D eigenvalue weighted by Gasteiger charge is -2.33. The van der Waals surface area contributed by atoms with Gasteiger partial charge < -0.3 is 30.7 Å². The topological polar surface area (TPSA) is 213 Å². The molecule has 0 radical (unpaired) electrons. The van der Waals surface area contributed by atoms with Crippen LogP contribution >= 0.6 is 0 Å². The van der Waals surface area contributed by atoms with Crippen LogP contribution in [-0.4, -0.2) is 72.0 Å². The number of nitrogens with zero attached hydrogens (tertiary/aromatic N) is 3. The largest absolute Gasteiger partial charge is 0.467 e. The highest BCUT2D eigenvalue weighted by Gasteiger charge is 2.40. The number of carbonyl (C=O) groups is 5. The summed E-state index contributed by atoms with van der Waals surface area (Å²) in [6, 6.07) is -2.15. The van der Waals surface area contributed by atoms with E-state index in [0.29, 0.717) is 12.8 Å². The summed E-state index contributed by atoms with van der Waals surface area (Å²) < 4.78 is 9.79. The van der Waals surface area contributed by atoms with Crippen molar-refractivity contribution in [3.63, 3.8) is 0 Å². The van der Waals surface area contributed by atoms with Gasteiger partial charge in [0.15, 0.2) is 6.04 Å². The second-order valence-electron chi connectivity index (χ2n) is 10.1. The molecule has 0 aromatic heterocycles. The first-order valence-corrected chi connectivity index (χ1v) is 12.2. The molecule has 0 unspecified atom stereocenters. The van der Waals surface area contributed by atoms with E-state index in [1.54, 1.807) is 0 Å². The zero-order chi connectivity index (χ0) is 30.4. The molecule has 2 atom stereocenters. The van der Waals surface area contributed by atoms with Crippen molar-refractivity contribution < 1.29 is 33.4 Å². The van der Waals surface area contributed by atoms with Crippen LogP contribution < -0.4 is 26.7 Å². The number of amides is 4. The van der Waals surface area contributed by atoms with E-state index in [2.05, 4.69) is 53.6 Å². The number of azide groups is 1. The van der Waals surface area contributed by atoms with E-state index in [1.165, 1.54) is 55.6 Å². The van der Waals surface area contributed by atoms with Gasteiger partial charge in [0.05, 0.1) is 7.11 Å². The molecule has 0 spiro atoms. The van der Waals surface area contributed by atoms with E-state index in [9.17, 15) is 24.0 Å². The Morgan fingerprint density at radius 2 is 1.44 bits per heavy atom. The molecular formula is C24H40N8O7. The van der Waals surface area contributed by atoms with Crippen molar-refractivity contribution in [2.45, 2.75) is 96.9 Å². The summed E-state index contributed by atoms with van der Waals surface area (Å²) >= 11 is 0. The van der Waals surface area contributed by atoms with E-state index >= 15 is 0 Å². The number of esters is 1. The van der Waals surface area contributed by atoms with Crippen molar-refractivity contribution >= 4 is 29.6 Å². The van der Waals surface area contributed by atoms with Crippen LogP contribution in [0.1, 0.15) is 68.2 Å². The third-order valence-corrected chi connectivity index (χ3v) is 5.33. The lowest BCUT2D eigenvalue weighted by atomic mass is 9.97. The number of rotatable bonds is 15. The molecule has 0 bridgehead atoms. The summed E-state index contributed by atoms with van der Waals surface area (Å²) in [6.07, 6.45) is 3.28. The minimum Gasteiger partial charge on any atom is -0.467 e. The Morgan fingerprint density at radius 1 is 0.897 bits per heavy atom. The van der Waals surface area contributed by atoms with E-state index in [0.717, 1.165) is 0 Å². The molecule has 0 rings (SSSR count). The standard InChI is InChI=1S/C24H40N8O7/c1-10-12-15(30-32-31-25)17(33)27-23(5,6)20(36)29-22(3,4)19(35)26-16(14-39-13-11-2)18(34)28-24(7,8)21(37)38-9/h15-16,30H,10,12,14H2,1-9H3,(H,26,35)(H,27,33)(H,28,34)(H,29,36)/t15-,16-/m0/s1. The van der Waals surface area contributed by atoms with Crippen LogP contribution in [0.3, 0.4) is 0 Å². The van der Waals surface area contributed by atoms with E-state index in [4.69, 9.17) is 10.3 Å². The van der Waals surface area contributed by atoms with Gasteiger partial charge in [0, 0.05) is 6.92 Å². The minimum atomic E-state index is -1.56. The molecule has 15 heteroatoms. The van der Waals surface area contributed by atoms with Gasteiger partial charge in [-0.05, 0) is 53.2 Å². The maximum Gasteiger partial charge on any atom is 0.330 e. The molecule has 15 nitrogen and oxygen atoms in total. The Kier molecular flexibility index (Phi) is 13.6. The summed E-state index contributed by atoms with van der Waals surface area (Å²) in [5.74, 6) is -0.989. The highest BCUT2D eigenvalue weighted by Crippen LogP contribution is 2.11. The van der Waals surface area contributed by atoms with Gasteiger partial charge in [-0.15, -0.1) is 5.53 Å². The number of methoxy groups -OCH3 is 1. The highest BCUT2D eigenvalue weighted by molar-refractivity contribution is 5.98. The van der Waals surface area contributed by atoms with Crippen LogP contribution in [0.5, 0.6) is 0 Å². The molecule has 0 aliphatic rings. The van der Waals surface area contributed by atoms with E-state index in [-0.39, 0.29) is 6.61 Å². The molecule has 0 aliphatic heterocycles. The van der Waals surface area contributed by atoms with Crippen molar-refractivity contribution in [3.05, 3.63) is 10.4 Å². The fraction of sp³-hybridized carbons (Fsp3) is 0.708. The van der Waals surface area contributed by atoms with Gasteiger partial charge in [-0.2, -0.15) is 4.91 Å². The fourth-order valence-electron chi connectivity index (χ4n) is 3.01. The van der Waals surface area contributed by atoms with Crippen LogP contribution in [0.2, 0.25) is 0 Å². The molecule has 218 valence electrons. The van der Waals surface area contributed by atoms with Crippen LogP contribution in [0.15, 0.2) is 5.22 Å². The van der Waals surface area contributed by atoms with Crippen molar-refractivity contribution in [1.29, 1.82) is 0 Å². The molecule has 0 aromatic carbocycles. The number of hydrogen-bond donors (Lipinski definition) is 5. The second-order valence-corrected chi connectivity index (χ2v) is 10.1. The Labute approximate surface area is 228 Å². The number of hydrogen-bond acceptors (Lipinski definition) is 8. The number of ether oxygens (including phenoxy) is 2. The third-order valence-electron chi connectivity index (χ3n) is 5.33. The first kappa shape index (κ1) is 34.8. The van der Waals surface area contributed by atoms with Gasteiger partial charge in [-0.25, -0.2) is 10.2 Å². The molecule has 4 amide bonds. The SMILES string of the molecule is CC#COC[C@H](NC(=O)C(C)(C)NC(=O)C(C)(C)NC(=O)[C@H](CCC)NN=[N+]=[N-])C(=O)NC(C)(C)C(=O)OC. The molecular weight excluding hydrogens is 512 g/mol. The number of nitrogens with one attached hydrogen (secondary N) is 5. The van der Waals surface area contributed by atoms with Gasteiger partial charge >= 0.3 is 5.97 Å². The number of carbonyl (C=O) groups excluding carboxylic acids is 5. The molecule has 0 fully saturated rings. The highest BCUT2D eigenvalue weighted by atomic mass is 16.5. The Bertz CT molecular complexity index is 1020. The summed E-state index contributed by atoms with van der Waals surface area (Å²) in [7, 11) is 1.17. The van der Waals surface area contributed by atoms with E-state index in [1.807, 2.05) is 6.92 Å². The first-order chi connectivity index (χ1) is 18.0. The average Bonchev–Trinajstić information content (AvgIpc) is 2.84. The maximum atomic E-state index is 13.1. The average molecular weight is 553 g/mol. The van der Waals surface area contributed by atoms with E-state index < -0.39 is 58.3 Å². The lowest BCUT2D eigenvalue weighted by Crippen LogP contribution is -2.66. The first-order valence-electron chi connectivity index (χ1n) is 12.2. The Morgan fingerprint density at radius 3 is 1.95 bits per heavy atom. The Balaban J connectivity index is 5.62. The molecule has 0 saturated carbocycles. The van der Waals surface area contributed by atoms with Crippen LogP contribution in [0, 0.1) is 12.0 Å². The predicted octanol–water partition coefficient (Wildman–Crippen LogP) is 0.310. The van der Waals surface area contributed by atoms with Gasteiger partial charge in [0.25, 0.3) is 5.91 Å². The van der Waals surface area contributed by atoms with Gasteiger partial charge in [0.2, 0.25) is 17.7 Å².